The van der Waals surface area contributed by atoms with Crippen LogP contribution in [0.2, 0.25) is 0 Å². The van der Waals surface area contributed by atoms with Crippen LogP contribution in [-0.2, 0) is 25.2 Å². The second-order valence-corrected chi connectivity index (χ2v) is 13.2. The van der Waals surface area contributed by atoms with Gasteiger partial charge in [0.1, 0.15) is 11.3 Å². The van der Waals surface area contributed by atoms with Crippen molar-refractivity contribution >= 4 is 23.6 Å². The van der Waals surface area contributed by atoms with Crippen molar-refractivity contribution in [2.75, 3.05) is 37.7 Å². The molecule has 0 bridgehead atoms. The minimum absolute atomic E-state index is 0.170. The van der Waals surface area contributed by atoms with Gasteiger partial charge < -0.3 is 24.0 Å². The van der Waals surface area contributed by atoms with E-state index in [9.17, 15) is 27.6 Å². The highest BCUT2D eigenvalue weighted by atomic mass is 19.4. The zero-order chi connectivity index (χ0) is 31.2. The lowest BCUT2D eigenvalue weighted by Gasteiger charge is -2.51. The second-order valence-electron chi connectivity index (χ2n) is 13.2. The maximum absolute atomic E-state index is 14.1. The van der Waals surface area contributed by atoms with E-state index in [1.54, 1.807) is 32.6 Å². The molecule has 0 radical (unpaired) electrons. The first-order valence-electron chi connectivity index (χ1n) is 15.2. The number of carbonyl (C=O) groups excluding carboxylic acids is 3. The molecule has 13 heteroatoms. The average molecular weight is 611 g/mol. The maximum atomic E-state index is 14.1. The molecule has 0 aromatic carbocycles. The molecule has 238 valence electrons. The SMILES string of the molecule is C[C@H]1CN(C(=O)OC(C)(C)C)CCCN1c1nc(C(=O)C2CCC[C@@]3(CCCCC34OCCO4)C2=O)cc(C(F)(F)F)n1. The molecular weight excluding hydrogens is 569 g/mol. The van der Waals surface area contributed by atoms with E-state index in [-0.39, 0.29) is 31.2 Å². The van der Waals surface area contributed by atoms with Crippen molar-refractivity contribution in [2.45, 2.75) is 103 Å². The van der Waals surface area contributed by atoms with Crippen molar-refractivity contribution in [1.82, 2.24) is 14.9 Å². The Balaban J connectivity index is 1.44. The van der Waals surface area contributed by atoms with E-state index in [2.05, 4.69) is 9.97 Å². The van der Waals surface area contributed by atoms with Crippen molar-refractivity contribution in [2.24, 2.45) is 11.3 Å². The highest BCUT2D eigenvalue weighted by Crippen LogP contribution is 2.56. The van der Waals surface area contributed by atoms with Gasteiger partial charge in [-0.2, -0.15) is 13.2 Å². The number of anilines is 1. The summed E-state index contributed by atoms with van der Waals surface area (Å²) in [4.78, 5) is 52.0. The molecule has 1 aromatic heterocycles. The first kappa shape index (κ1) is 31.6. The molecule has 43 heavy (non-hydrogen) atoms. The summed E-state index contributed by atoms with van der Waals surface area (Å²) >= 11 is 0. The number of carbonyl (C=O) groups is 3. The second kappa shape index (κ2) is 11.6. The highest BCUT2D eigenvalue weighted by molar-refractivity contribution is 6.12. The molecular formula is C30H41F3N4O6. The van der Waals surface area contributed by atoms with Crippen molar-refractivity contribution < 1.29 is 41.8 Å². The summed E-state index contributed by atoms with van der Waals surface area (Å²) in [6, 6.07) is 0.175. The lowest BCUT2D eigenvalue weighted by molar-refractivity contribution is -0.255. The molecule has 3 heterocycles. The Bertz CT molecular complexity index is 1240. The number of rotatable bonds is 3. The molecule has 2 aliphatic heterocycles. The topological polar surface area (TPSA) is 111 Å². The molecule has 5 rings (SSSR count). The fraction of sp³-hybridized carbons (Fsp3) is 0.767. The lowest BCUT2D eigenvalue weighted by atomic mass is 9.57. The predicted molar refractivity (Wildman–Crippen MR) is 148 cm³/mol. The normalized spacial score (nSPS) is 28.3. The van der Waals surface area contributed by atoms with E-state index in [0.29, 0.717) is 57.9 Å². The van der Waals surface area contributed by atoms with Crippen LogP contribution in [0, 0.1) is 11.3 Å². The zero-order valence-corrected chi connectivity index (χ0v) is 25.3. The highest BCUT2D eigenvalue weighted by Gasteiger charge is 2.63. The standard InChI is InChI=1S/C30H41F3N4O6/c1-19-18-36(26(40)43-27(2,3)4)13-8-14-37(19)25-34-21(17-22(35-25)30(31,32)33)23(38)20-9-7-11-28(24(20)39)10-5-6-12-29(28)41-15-16-42-29/h17,19-20H,5-16,18H2,1-4H3/t19-,20?,28-/m0/s1. The molecule has 4 fully saturated rings. The molecule has 1 amide bonds. The van der Waals surface area contributed by atoms with Gasteiger partial charge in [0.2, 0.25) is 5.95 Å². The maximum Gasteiger partial charge on any atom is 0.433 e. The summed E-state index contributed by atoms with van der Waals surface area (Å²) in [5.74, 6) is -3.56. The van der Waals surface area contributed by atoms with Crippen molar-refractivity contribution in [3.63, 3.8) is 0 Å². The third-order valence-corrected chi connectivity index (χ3v) is 9.05. The van der Waals surface area contributed by atoms with Crippen LogP contribution < -0.4 is 4.90 Å². The van der Waals surface area contributed by atoms with Crippen LogP contribution >= 0.6 is 0 Å². The van der Waals surface area contributed by atoms with Gasteiger partial charge in [0.15, 0.2) is 23.0 Å². The monoisotopic (exact) mass is 610 g/mol. The smallest absolute Gasteiger partial charge is 0.433 e. The Morgan fingerprint density at radius 3 is 2.35 bits per heavy atom. The van der Waals surface area contributed by atoms with Crippen LogP contribution in [-0.4, -0.2) is 82.8 Å². The number of nitrogens with zero attached hydrogens (tertiary/aromatic N) is 4. The van der Waals surface area contributed by atoms with E-state index in [1.165, 1.54) is 4.90 Å². The van der Waals surface area contributed by atoms with Crippen molar-refractivity contribution in [3.05, 3.63) is 17.5 Å². The Morgan fingerprint density at radius 1 is 1.00 bits per heavy atom. The number of amides is 1. The molecule has 2 aliphatic carbocycles. The first-order chi connectivity index (χ1) is 20.2. The fourth-order valence-electron chi connectivity index (χ4n) is 7.13. The minimum Gasteiger partial charge on any atom is -0.444 e. The van der Waals surface area contributed by atoms with E-state index < -0.39 is 58.2 Å². The minimum atomic E-state index is -4.85. The number of ether oxygens (including phenoxy) is 3. The van der Waals surface area contributed by atoms with Gasteiger partial charge in [-0.25, -0.2) is 14.8 Å². The molecule has 0 N–H and O–H groups in total. The Labute approximate surface area is 249 Å². The summed E-state index contributed by atoms with van der Waals surface area (Å²) in [5.41, 5.74) is -3.40. The van der Waals surface area contributed by atoms with Gasteiger partial charge in [-0.05, 0) is 65.9 Å². The molecule has 2 saturated heterocycles. The van der Waals surface area contributed by atoms with Crippen LogP contribution in [0.25, 0.3) is 0 Å². The van der Waals surface area contributed by atoms with E-state index >= 15 is 0 Å². The van der Waals surface area contributed by atoms with Gasteiger partial charge in [-0.1, -0.05) is 12.8 Å². The van der Waals surface area contributed by atoms with Crippen molar-refractivity contribution in [3.8, 4) is 0 Å². The van der Waals surface area contributed by atoms with Crippen LogP contribution in [0.4, 0.5) is 23.9 Å². The number of alkyl halides is 3. The van der Waals surface area contributed by atoms with E-state index in [0.717, 1.165) is 12.8 Å². The number of hydrogen-bond acceptors (Lipinski definition) is 9. The van der Waals surface area contributed by atoms with Crippen LogP contribution in [0.1, 0.15) is 95.2 Å². The zero-order valence-electron chi connectivity index (χ0n) is 25.3. The molecule has 1 unspecified atom stereocenters. The fourth-order valence-corrected chi connectivity index (χ4v) is 7.13. The number of halogens is 3. The third kappa shape index (κ3) is 6.11. The molecule has 4 aliphatic rings. The Hall–Kier alpha value is -2.80. The van der Waals surface area contributed by atoms with Gasteiger partial charge in [-0.3, -0.25) is 9.59 Å². The number of Topliss-reactive ketones (excluding diaryl/α,β-unsaturated/α-hetero) is 2. The van der Waals surface area contributed by atoms with E-state index in [1.807, 2.05) is 0 Å². The number of fused-ring (bicyclic) bond motifs is 1. The summed E-state index contributed by atoms with van der Waals surface area (Å²) in [5, 5.41) is 0. The summed E-state index contributed by atoms with van der Waals surface area (Å²) in [6.45, 7) is 8.52. The van der Waals surface area contributed by atoms with Gasteiger partial charge in [0, 0.05) is 32.1 Å². The van der Waals surface area contributed by atoms with Gasteiger partial charge in [-0.15, -0.1) is 0 Å². The quantitative estimate of drug-likeness (QED) is 0.337. The largest absolute Gasteiger partial charge is 0.444 e. The van der Waals surface area contributed by atoms with Crippen LogP contribution in [0.3, 0.4) is 0 Å². The molecule has 3 atom stereocenters. The molecule has 2 spiro atoms. The molecule has 2 saturated carbocycles. The predicted octanol–water partition coefficient (Wildman–Crippen LogP) is 5.19. The summed E-state index contributed by atoms with van der Waals surface area (Å²) in [6.07, 6.45) is -0.979. The Kier molecular flexibility index (Phi) is 8.54. The van der Waals surface area contributed by atoms with E-state index in [4.69, 9.17) is 14.2 Å². The summed E-state index contributed by atoms with van der Waals surface area (Å²) in [7, 11) is 0. The third-order valence-electron chi connectivity index (χ3n) is 9.05. The van der Waals surface area contributed by atoms with Crippen LogP contribution in [0.15, 0.2) is 6.07 Å². The lowest BCUT2D eigenvalue weighted by Crippen LogP contribution is -2.60. The molecule has 1 aromatic rings. The number of ketones is 2. The van der Waals surface area contributed by atoms with Gasteiger partial charge >= 0.3 is 12.3 Å². The first-order valence-corrected chi connectivity index (χ1v) is 15.2. The molecule has 10 nitrogen and oxygen atoms in total. The average Bonchev–Trinajstić information content (AvgIpc) is 3.31. The number of aromatic nitrogens is 2. The number of hydrogen-bond donors (Lipinski definition) is 0. The summed E-state index contributed by atoms with van der Waals surface area (Å²) < 4.78 is 59.9. The van der Waals surface area contributed by atoms with Gasteiger partial charge in [0.25, 0.3) is 0 Å². The van der Waals surface area contributed by atoms with Crippen molar-refractivity contribution in [1.29, 1.82) is 0 Å². The van der Waals surface area contributed by atoms with Gasteiger partial charge in [0.05, 0.1) is 24.5 Å². The van der Waals surface area contributed by atoms with Crippen LogP contribution in [0.5, 0.6) is 0 Å². The Morgan fingerprint density at radius 2 is 1.67 bits per heavy atom.